The van der Waals surface area contributed by atoms with E-state index in [4.69, 9.17) is 9.05 Å². The van der Waals surface area contributed by atoms with E-state index in [1.54, 1.807) is 6.92 Å². The molecule has 0 saturated heterocycles. The van der Waals surface area contributed by atoms with Gasteiger partial charge in [-0.1, -0.05) is 6.07 Å². The second-order valence-corrected chi connectivity index (χ2v) is 5.33. The number of rotatable bonds is 4. The van der Waals surface area contributed by atoms with Crippen molar-refractivity contribution < 1.29 is 18.5 Å². The predicted molar refractivity (Wildman–Crippen MR) is 59.1 cm³/mol. The molecular weight excluding hydrogens is 233 g/mol. The van der Waals surface area contributed by atoms with Crippen LogP contribution in [0.5, 0.6) is 0 Å². The average Bonchev–Trinajstić information content (AvgIpc) is 2.28. The van der Waals surface area contributed by atoms with Gasteiger partial charge in [0.05, 0.1) is 10.2 Å². The van der Waals surface area contributed by atoms with Crippen LogP contribution in [0.15, 0.2) is 18.2 Å². The summed E-state index contributed by atoms with van der Waals surface area (Å²) in [6.45, 7) is 1.60. The number of hydrogen-bond donors (Lipinski definition) is 0. The van der Waals surface area contributed by atoms with E-state index in [9.17, 15) is 14.7 Å². The minimum Gasteiger partial charge on any atom is -0.309 e. The Kier molecular flexibility index (Phi) is 3.80. The SMILES string of the molecule is COP(=O)(OC)c1ccc(C)c([N+](=O)[O-])c1. The Hall–Kier alpha value is -1.23. The maximum atomic E-state index is 12.0. The average molecular weight is 245 g/mol. The zero-order chi connectivity index (χ0) is 12.3. The first-order valence-electron chi connectivity index (χ1n) is 4.41. The number of benzene rings is 1. The fourth-order valence-corrected chi connectivity index (χ4v) is 2.36. The first-order chi connectivity index (χ1) is 7.44. The minimum absolute atomic E-state index is 0.105. The van der Waals surface area contributed by atoms with E-state index >= 15 is 0 Å². The van der Waals surface area contributed by atoms with Crippen LogP contribution in [0, 0.1) is 17.0 Å². The van der Waals surface area contributed by atoms with Crippen molar-refractivity contribution in [2.75, 3.05) is 14.2 Å². The van der Waals surface area contributed by atoms with Crippen LogP contribution in [-0.2, 0) is 13.6 Å². The molecule has 0 bridgehead atoms. The van der Waals surface area contributed by atoms with Crippen molar-refractivity contribution in [3.63, 3.8) is 0 Å². The molecule has 0 atom stereocenters. The van der Waals surface area contributed by atoms with Crippen molar-refractivity contribution in [2.45, 2.75) is 6.92 Å². The van der Waals surface area contributed by atoms with Crippen LogP contribution >= 0.6 is 7.60 Å². The third-order valence-corrected chi connectivity index (χ3v) is 4.06. The van der Waals surface area contributed by atoms with E-state index in [2.05, 4.69) is 0 Å². The fourth-order valence-electron chi connectivity index (χ4n) is 1.25. The van der Waals surface area contributed by atoms with Crippen molar-refractivity contribution in [2.24, 2.45) is 0 Å². The molecule has 16 heavy (non-hydrogen) atoms. The van der Waals surface area contributed by atoms with E-state index in [0.717, 1.165) is 0 Å². The lowest BCUT2D eigenvalue weighted by molar-refractivity contribution is -0.385. The normalized spacial score (nSPS) is 11.4. The number of hydrogen-bond acceptors (Lipinski definition) is 5. The van der Waals surface area contributed by atoms with Crippen molar-refractivity contribution in [1.82, 2.24) is 0 Å². The van der Waals surface area contributed by atoms with Gasteiger partial charge in [-0.05, 0) is 13.0 Å². The minimum atomic E-state index is -3.42. The van der Waals surface area contributed by atoms with Crippen LogP contribution in [0.4, 0.5) is 5.69 Å². The van der Waals surface area contributed by atoms with Crippen molar-refractivity contribution in [3.8, 4) is 0 Å². The van der Waals surface area contributed by atoms with Gasteiger partial charge in [0, 0.05) is 25.8 Å². The van der Waals surface area contributed by atoms with Gasteiger partial charge in [0.25, 0.3) is 5.69 Å². The molecule has 7 heteroatoms. The molecule has 0 aromatic heterocycles. The molecule has 0 aliphatic heterocycles. The van der Waals surface area contributed by atoms with Crippen LogP contribution in [0.25, 0.3) is 0 Å². The second kappa shape index (κ2) is 4.74. The van der Waals surface area contributed by atoms with Crippen LogP contribution in [0.2, 0.25) is 0 Å². The largest absolute Gasteiger partial charge is 0.361 e. The monoisotopic (exact) mass is 245 g/mol. The summed E-state index contributed by atoms with van der Waals surface area (Å²) >= 11 is 0. The number of nitro groups is 1. The van der Waals surface area contributed by atoms with Crippen LogP contribution in [0.1, 0.15) is 5.56 Å². The third-order valence-electron chi connectivity index (χ3n) is 2.19. The first-order valence-corrected chi connectivity index (χ1v) is 5.96. The van der Waals surface area contributed by atoms with Gasteiger partial charge in [-0.2, -0.15) is 0 Å². The summed E-state index contributed by atoms with van der Waals surface area (Å²) in [4.78, 5) is 10.2. The highest BCUT2D eigenvalue weighted by Gasteiger charge is 2.27. The maximum Gasteiger partial charge on any atom is 0.361 e. The highest BCUT2D eigenvalue weighted by molar-refractivity contribution is 7.62. The molecule has 0 N–H and O–H groups in total. The molecule has 0 heterocycles. The third kappa shape index (κ3) is 2.29. The van der Waals surface area contributed by atoms with Gasteiger partial charge in [-0.25, -0.2) is 0 Å². The summed E-state index contributed by atoms with van der Waals surface area (Å²) in [5, 5.41) is 10.9. The quantitative estimate of drug-likeness (QED) is 0.460. The molecule has 0 unspecified atom stereocenters. The van der Waals surface area contributed by atoms with E-state index in [1.807, 2.05) is 0 Å². The van der Waals surface area contributed by atoms with Crippen molar-refractivity contribution in [3.05, 3.63) is 33.9 Å². The maximum absolute atomic E-state index is 12.0. The van der Waals surface area contributed by atoms with E-state index in [-0.39, 0.29) is 11.0 Å². The van der Waals surface area contributed by atoms with E-state index in [1.165, 1.54) is 32.4 Å². The Morgan fingerprint density at radius 2 is 1.88 bits per heavy atom. The molecule has 0 amide bonds. The smallest absolute Gasteiger partial charge is 0.309 e. The van der Waals surface area contributed by atoms with E-state index < -0.39 is 12.5 Å². The van der Waals surface area contributed by atoms with Crippen LogP contribution in [-0.4, -0.2) is 19.1 Å². The van der Waals surface area contributed by atoms with Gasteiger partial charge in [-0.15, -0.1) is 0 Å². The molecule has 0 fully saturated rings. The van der Waals surface area contributed by atoms with Crippen LogP contribution < -0.4 is 5.30 Å². The molecule has 1 rings (SSSR count). The van der Waals surface area contributed by atoms with E-state index in [0.29, 0.717) is 5.56 Å². The summed E-state index contributed by atoms with van der Waals surface area (Å²) in [6.07, 6.45) is 0. The molecule has 0 spiro atoms. The number of nitro benzene ring substituents is 1. The molecule has 0 aliphatic carbocycles. The predicted octanol–water partition coefficient (Wildman–Crippen LogP) is 2.01. The Labute approximate surface area is 92.9 Å². The fraction of sp³-hybridized carbons (Fsp3) is 0.333. The lowest BCUT2D eigenvalue weighted by atomic mass is 10.2. The topological polar surface area (TPSA) is 78.7 Å². The lowest BCUT2D eigenvalue weighted by Crippen LogP contribution is -2.09. The number of nitrogens with zero attached hydrogens (tertiary/aromatic N) is 1. The summed E-state index contributed by atoms with van der Waals surface area (Å²) < 4.78 is 21.5. The summed E-state index contributed by atoms with van der Waals surface area (Å²) in [5.74, 6) is 0. The Bertz CT molecular complexity index is 451. The molecule has 0 saturated carbocycles. The lowest BCUT2D eigenvalue weighted by Gasteiger charge is -2.13. The molecule has 6 nitrogen and oxygen atoms in total. The molecular formula is C9H12NO5P. The van der Waals surface area contributed by atoms with Gasteiger partial charge in [-0.3, -0.25) is 14.7 Å². The van der Waals surface area contributed by atoms with Gasteiger partial charge in [0.2, 0.25) is 0 Å². The Morgan fingerprint density at radius 1 is 1.31 bits per heavy atom. The van der Waals surface area contributed by atoms with Gasteiger partial charge < -0.3 is 9.05 Å². The van der Waals surface area contributed by atoms with Gasteiger partial charge in [0.1, 0.15) is 0 Å². The van der Waals surface area contributed by atoms with Crippen molar-refractivity contribution >= 4 is 18.6 Å². The number of aryl methyl sites for hydroxylation is 1. The standard InChI is InChI=1S/C9H12NO5P/c1-7-4-5-8(6-9(7)10(11)12)16(13,14-2)15-3/h4-6H,1-3H3. The molecule has 88 valence electrons. The zero-order valence-corrected chi connectivity index (χ0v) is 10.1. The molecule has 0 radical (unpaired) electrons. The highest BCUT2D eigenvalue weighted by atomic mass is 31.2. The van der Waals surface area contributed by atoms with Gasteiger partial charge in [0.15, 0.2) is 0 Å². The van der Waals surface area contributed by atoms with Crippen molar-refractivity contribution in [1.29, 1.82) is 0 Å². The van der Waals surface area contributed by atoms with Gasteiger partial charge >= 0.3 is 7.60 Å². The second-order valence-electron chi connectivity index (χ2n) is 3.09. The molecule has 0 aliphatic rings. The zero-order valence-electron chi connectivity index (χ0n) is 9.17. The Morgan fingerprint density at radius 3 is 2.31 bits per heavy atom. The summed E-state index contributed by atoms with van der Waals surface area (Å²) in [6, 6.07) is 4.22. The molecule has 1 aromatic carbocycles. The highest BCUT2D eigenvalue weighted by Crippen LogP contribution is 2.45. The Balaban J connectivity index is 3.32. The summed E-state index contributed by atoms with van der Waals surface area (Å²) in [5.41, 5.74) is 0.388. The van der Waals surface area contributed by atoms with Crippen LogP contribution in [0.3, 0.4) is 0 Å². The summed E-state index contributed by atoms with van der Waals surface area (Å²) in [7, 11) is -0.960. The first kappa shape index (κ1) is 12.8. The molecule has 1 aromatic rings.